The van der Waals surface area contributed by atoms with Crippen molar-refractivity contribution in [2.24, 2.45) is 0 Å². The van der Waals surface area contributed by atoms with Crippen molar-refractivity contribution in [2.75, 3.05) is 7.11 Å². The van der Waals surface area contributed by atoms with E-state index in [2.05, 4.69) is 37.2 Å². The molecule has 132 valence electrons. The molecule has 0 unspecified atom stereocenters. The van der Waals surface area contributed by atoms with Crippen molar-refractivity contribution in [1.29, 1.82) is 0 Å². The van der Waals surface area contributed by atoms with Crippen LogP contribution in [0.4, 0.5) is 0 Å². The van der Waals surface area contributed by atoms with Crippen LogP contribution in [0.3, 0.4) is 0 Å². The Morgan fingerprint density at radius 2 is 1.68 bits per heavy atom. The second-order valence-electron chi connectivity index (χ2n) is 5.11. The van der Waals surface area contributed by atoms with Crippen LogP contribution < -0.4 is 5.32 Å². The van der Waals surface area contributed by atoms with Gasteiger partial charge in [-0.3, -0.25) is 4.79 Å². The van der Waals surface area contributed by atoms with E-state index in [4.69, 9.17) is 27.9 Å². The zero-order valence-corrected chi connectivity index (χ0v) is 17.7. The normalized spacial score (nSPS) is 11.7. The first-order valence-corrected chi connectivity index (χ1v) is 9.43. The van der Waals surface area contributed by atoms with Crippen LogP contribution >= 0.6 is 55.1 Å². The molecule has 2 rings (SSSR count). The van der Waals surface area contributed by atoms with Crippen LogP contribution in [0.25, 0.3) is 0 Å². The SMILES string of the molecule is COC(=O)[C@@H](Cc1c(Cl)cccc1Cl)NC(=O)c1cc(Br)cc(Br)c1. The van der Waals surface area contributed by atoms with Crippen molar-refractivity contribution in [1.82, 2.24) is 5.32 Å². The third kappa shape index (κ3) is 5.45. The fraction of sp³-hybridized carbons (Fsp3) is 0.176. The molecule has 1 N–H and O–H groups in total. The highest BCUT2D eigenvalue weighted by Crippen LogP contribution is 2.26. The first kappa shape index (κ1) is 20.2. The van der Waals surface area contributed by atoms with E-state index < -0.39 is 17.9 Å². The standard InChI is InChI=1S/C17H13Br2Cl2NO3/c1-25-17(24)15(8-12-13(20)3-2-4-14(12)21)22-16(23)9-5-10(18)7-11(19)6-9/h2-7,15H,8H2,1H3,(H,22,23)/t15-/m1/s1. The summed E-state index contributed by atoms with van der Waals surface area (Å²) >= 11 is 19.0. The van der Waals surface area contributed by atoms with E-state index in [-0.39, 0.29) is 6.42 Å². The molecule has 2 aromatic carbocycles. The Bertz CT molecular complexity index is 774. The number of halogens is 4. The summed E-state index contributed by atoms with van der Waals surface area (Å²) in [6.45, 7) is 0. The Morgan fingerprint density at radius 1 is 1.12 bits per heavy atom. The topological polar surface area (TPSA) is 55.4 Å². The minimum Gasteiger partial charge on any atom is -0.467 e. The average molecular weight is 510 g/mol. The van der Waals surface area contributed by atoms with Gasteiger partial charge < -0.3 is 10.1 Å². The summed E-state index contributed by atoms with van der Waals surface area (Å²) in [5.74, 6) is -1.00. The van der Waals surface area contributed by atoms with E-state index >= 15 is 0 Å². The van der Waals surface area contributed by atoms with Gasteiger partial charge >= 0.3 is 5.97 Å². The molecule has 4 nitrogen and oxygen atoms in total. The molecule has 2 aromatic rings. The van der Waals surface area contributed by atoms with Gasteiger partial charge in [-0.1, -0.05) is 61.1 Å². The Labute approximate surface area is 172 Å². The molecule has 0 fully saturated rings. The monoisotopic (exact) mass is 507 g/mol. The summed E-state index contributed by atoms with van der Waals surface area (Å²) in [6, 6.07) is 9.23. The minimum atomic E-state index is -0.923. The van der Waals surface area contributed by atoms with E-state index in [0.717, 1.165) is 8.95 Å². The number of carbonyl (C=O) groups excluding carboxylic acids is 2. The highest BCUT2D eigenvalue weighted by Gasteiger charge is 2.25. The largest absolute Gasteiger partial charge is 0.467 e. The molecule has 8 heteroatoms. The Kier molecular flexibility index (Phi) is 7.31. The van der Waals surface area contributed by atoms with E-state index in [1.54, 1.807) is 36.4 Å². The van der Waals surface area contributed by atoms with Gasteiger partial charge in [-0.25, -0.2) is 4.79 Å². The lowest BCUT2D eigenvalue weighted by Crippen LogP contribution is -2.43. The predicted molar refractivity (Wildman–Crippen MR) is 105 cm³/mol. The molecule has 0 saturated heterocycles. The van der Waals surface area contributed by atoms with Crippen LogP contribution in [0, 0.1) is 0 Å². The molecule has 0 bridgehead atoms. The molecule has 0 radical (unpaired) electrons. The van der Waals surface area contributed by atoms with Gasteiger partial charge in [0.15, 0.2) is 0 Å². The molecule has 0 aliphatic rings. The van der Waals surface area contributed by atoms with Crippen LogP contribution in [0.2, 0.25) is 10.0 Å². The minimum absolute atomic E-state index is 0.117. The summed E-state index contributed by atoms with van der Waals surface area (Å²) < 4.78 is 6.25. The van der Waals surface area contributed by atoms with E-state index in [1.807, 2.05) is 0 Å². The first-order valence-electron chi connectivity index (χ1n) is 7.09. The molecule has 0 aliphatic carbocycles. The van der Waals surface area contributed by atoms with Crippen molar-refractivity contribution in [2.45, 2.75) is 12.5 Å². The lowest BCUT2D eigenvalue weighted by atomic mass is 10.0. The summed E-state index contributed by atoms with van der Waals surface area (Å²) in [5, 5.41) is 3.50. The number of carbonyl (C=O) groups is 2. The zero-order valence-electron chi connectivity index (χ0n) is 13.0. The van der Waals surface area contributed by atoms with Crippen LogP contribution in [-0.4, -0.2) is 25.0 Å². The van der Waals surface area contributed by atoms with Crippen molar-refractivity contribution in [3.8, 4) is 0 Å². The molecule has 0 aliphatic heterocycles. The van der Waals surface area contributed by atoms with E-state index in [0.29, 0.717) is 21.2 Å². The lowest BCUT2D eigenvalue weighted by Gasteiger charge is -2.18. The second kappa shape index (κ2) is 9.03. The summed E-state index contributed by atoms with van der Waals surface area (Å²) in [6.07, 6.45) is 0.117. The van der Waals surface area contributed by atoms with Crippen LogP contribution in [-0.2, 0) is 16.0 Å². The molecule has 0 spiro atoms. The number of ether oxygens (including phenoxy) is 1. The summed E-state index contributed by atoms with van der Waals surface area (Å²) in [5.41, 5.74) is 0.956. The molecule has 1 atom stereocenters. The van der Waals surface area contributed by atoms with Crippen molar-refractivity contribution in [3.05, 3.63) is 66.5 Å². The molecule has 1 amide bonds. The average Bonchev–Trinajstić information content (AvgIpc) is 2.55. The number of hydrogen-bond donors (Lipinski definition) is 1. The Balaban J connectivity index is 2.26. The number of methoxy groups -OCH3 is 1. The van der Waals surface area contributed by atoms with E-state index in [9.17, 15) is 9.59 Å². The van der Waals surface area contributed by atoms with Gasteiger partial charge in [0.2, 0.25) is 0 Å². The van der Waals surface area contributed by atoms with Crippen molar-refractivity contribution in [3.63, 3.8) is 0 Å². The van der Waals surface area contributed by atoms with Crippen LogP contribution in [0.1, 0.15) is 15.9 Å². The summed E-state index contributed by atoms with van der Waals surface area (Å²) in [7, 11) is 1.26. The number of benzene rings is 2. The highest BCUT2D eigenvalue weighted by atomic mass is 79.9. The fourth-order valence-corrected chi connectivity index (χ4v) is 4.04. The van der Waals surface area contributed by atoms with Gasteiger partial charge in [-0.2, -0.15) is 0 Å². The predicted octanol–water partition coefficient (Wildman–Crippen LogP) is 5.03. The second-order valence-corrected chi connectivity index (χ2v) is 7.76. The first-order chi connectivity index (χ1) is 11.8. The smallest absolute Gasteiger partial charge is 0.328 e. The van der Waals surface area contributed by atoms with Crippen LogP contribution in [0.15, 0.2) is 45.3 Å². The number of nitrogens with one attached hydrogen (secondary N) is 1. The van der Waals surface area contributed by atoms with E-state index in [1.165, 1.54) is 7.11 Å². The van der Waals surface area contributed by atoms with Crippen molar-refractivity contribution >= 4 is 66.9 Å². The molecule has 25 heavy (non-hydrogen) atoms. The van der Waals surface area contributed by atoms with Gasteiger partial charge in [-0.05, 0) is 35.9 Å². The third-order valence-electron chi connectivity index (χ3n) is 3.39. The molecular weight excluding hydrogens is 497 g/mol. The zero-order chi connectivity index (χ0) is 18.6. The fourth-order valence-electron chi connectivity index (χ4n) is 2.19. The van der Waals surface area contributed by atoms with Gasteiger partial charge in [-0.15, -0.1) is 0 Å². The maximum absolute atomic E-state index is 12.5. The van der Waals surface area contributed by atoms with Gasteiger partial charge in [0, 0.05) is 31.0 Å². The molecule has 0 saturated carbocycles. The number of rotatable bonds is 5. The van der Waals surface area contributed by atoms with Gasteiger partial charge in [0.25, 0.3) is 5.91 Å². The number of esters is 1. The quantitative estimate of drug-likeness (QED) is 0.575. The number of amides is 1. The Morgan fingerprint density at radius 3 is 2.20 bits per heavy atom. The lowest BCUT2D eigenvalue weighted by molar-refractivity contribution is -0.142. The van der Waals surface area contributed by atoms with Gasteiger partial charge in [0.05, 0.1) is 7.11 Å². The van der Waals surface area contributed by atoms with Gasteiger partial charge in [0.1, 0.15) is 6.04 Å². The maximum atomic E-state index is 12.5. The number of hydrogen-bond acceptors (Lipinski definition) is 3. The van der Waals surface area contributed by atoms with Crippen molar-refractivity contribution < 1.29 is 14.3 Å². The third-order valence-corrected chi connectivity index (χ3v) is 5.01. The summed E-state index contributed by atoms with van der Waals surface area (Å²) in [4.78, 5) is 24.6. The molecule has 0 aromatic heterocycles. The Hall–Kier alpha value is -1.08. The molecule has 0 heterocycles. The van der Waals surface area contributed by atoms with Crippen LogP contribution in [0.5, 0.6) is 0 Å². The maximum Gasteiger partial charge on any atom is 0.328 e. The molecular formula is C17H13Br2Cl2NO3. The highest BCUT2D eigenvalue weighted by molar-refractivity contribution is 9.11.